The zero-order valence-corrected chi connectivity index (χ0v) is 12.6. The molecule has 0 amide bonds. The Bertz CT molecular complexity index is 739. The van der Waals surface area contributed by atoms with Gasteiger partial charge in [0.15, 0.2) is 0 Å². The largest absolute Gasteiger partial charge is 0.366 e. The van der Waals surface area contributed by atoms with E-state index >= 15 is 0 Å². The molecule has 1 unspecified atom stereocenters. The number of benzene rings is 1. The summed E-state index contributed by atoms with van der Waals surface area (Å²) in [6, 6.07) is 11.1. The van der Waals surface area contributed by atoms with E-state index in [0.717, 1.165) is 5.56 Å². The molecular weight excluding hydrogens is 288 g/mol. The number of rotatable bonds is 6. The second-order valence-corrected chi connectivity index (χ2v) is 6.61. The minimum absolute atomic E-state index is 0.239. The summed E-state index contributed by atoms with van der Waals surface area (Å²) in [6.45, 7) is 2.33. The van der Waals surface area contributed by atoms with Crippen LogP contribution < -0.4 is 10.2 Å². The molecule has 1 aromatic carbocycles. The molecule has 2 rings (SSSR count). The monoisotopic (exact) mass is 306 g/mol. The van der Waals surface area contributed by atoms with Gasteiger partial charge in [0.25, 0.3) is 0 Å². The maximum absolute atomic E-state index is 12.0. The molecule has 2 N–H and O–H groups in total. The molecule has 1 aromatic heterocycles. The summed E-state index contributed by atoms with van der Waals surface area (Å²) in [7, 11) is -3.76. The SMILES string of the molecule is CC(CCNS(=O)(=O)c1c[nH]ccc1=O)c1ccccc1. The van der Waals surface area contributed by atoms with Crippen molar-refractivity contribution in [3.05, 3.63) is 64.6 Å². The Morgan fingerprint density at radius 2 is 1.90 bits per heavy atom. The molecule has 0 saturated heterocycles. The number of H-pyrrole nitrogens is 1. The van der Waals surface area contributed by atoms with Crippen LogP contribution in [0.5, 0.6) is 0 Å². The highest BCUT2D eigenvalue weighted by Crippen LogP contribution is 2.17. The minimum Gasteiger partial charge on any atom is -0.366 e. The van der Waals surface area contributed by atoms with Crippen LogP contribution in [-0.4, -0.2) is 19.9 Å². The van der Waals surface area contributed by atoms with Crippen molar-refractivity contribution in [2.75, 3.05) is 6.54 Å². The Kier molecular flexibility index (Phi) is 4.93. The Morgan fingerprint density at radius 1 is 1.19 bits per heavy atom. The molecular formula is C15H18N2O3S. The molecule has 0 fully saturated rings. The molecule has 5 nitrogen and oxygen atoms in total. The average molecular weight is 306 g/mol. The molecule has 2 aromatic rings. The predicted octanol–water partition coefficient (Wildman–Crippen LogP) is 1.85. The summed E-state index contributed by atoms with van der Waals surface area (Å²) in [5, 5.41) is 0. The number of aromatic amines is 1. The zero-order valence-electron chi connectivity index (χ0n) is 11.7. The van der Waals surface area contributed by atoms with Crippen molar-refractivity contribution in [2.45, 2.75) is 24.2 Å². The van der Waals surface area contributed by atoms with E-state index in [1.165, 1.54) is 18.5 Å². The lowest BCUT2D eigenvalue weighted by Gasteiger charge is -2.12. The molecule has 0 spiro atoms. The first-order chi connectivity index (χ1) is 10.0. The zero-order chi connectivity index (χ0) is 15.3. The molecule has 0 bridgehead atoms. The van der Waals surface area contributed by atoms with E-state index in [1.807, 2.05) is 37.3 Å². The highest BCUT2D eigenvalue weighted by atomic mass is 32.2. The summed E-state index contributed by atoms with van der Waals surface area (Å²) in [4.78, 5) is 13.9. The average Bonchev–Trinajstić information content (AvgIpc) is 2.48. The molecule has 0 aliphatic carbocycles. The van der Waals surface area contributed by atoms with Crippen LogP contribution in [0.2, 0.25) is 0 Å². The predicted molar refractivity (Wildman–Crippen MR) is 81.7 cm³/mol. The van der Waals surface area contributed by atoms with Crippen LogP contribution >= 0.6 is 0 Å². The van der Waals surface area contributed by atoms with Gasteiger partial charge in [-0.3, -0.25) is 4.79 Å². The first kappa shape index (κ1) is 15.5. The Labute approximate surface area is 124 Å². The van der Waals surface area contributed by atoms with Gasteiger partial charge in [-0.15, -0.1) is 0 Å². The van der Waals surface area contributed by atoms with Crippen molar-refractivity contribution in [1.82, 2.24) is 9.71 Å². The number of hydrogen-bond donors (Lipinski definition) is 2. The molecule has 112 valence electrons. The number of pyridine rings is 1. The Balaban J connectivity index is 1.97. The van der Waals surface area contributed by atoms with Gasteiger partial charge in [-0.05, 0) is 17.9 Å². The second kappa shape index (κ2) is 6.69. The number of sulfonamides is 1. The van der Waals surface area contributed by atoms with Crippen molar-refractivity contribution in [2.24, 2.45) is 0 Å². The third-order valence-corrected chi connectivity index (χ3v) is 4.80. The van der Waals surface area contributed by atoms with Crippen molar-refractivity contribution in [1.29, 1.82) is 0 Å². The summed E-state index contributed by atoms with van der Waals surface area (Å²) >= 11 is 0. The first-order valence-electron chi connectivity index (χ1n) is 6.72. The molecule has 0 aliphatic rings. The molecule has 6 heteroatoms. The van der Waals surface area contributed by atoms with Gasteiger partial charge in [-0.2, -0.15) is 0 Å². The molecule has 1 atom stereocenters. The van der Waals surface area contributed by atoms with E-state index < -0.39 is 15.5 Å². The quantitative estimate of drug-likeness (QED) is 0.855. The molecule has 0 aliphatic heterocycles. The van der Waals surface area contributed by atoms with Gasteiger partial charge in [0, 0.05) is 25.0 Å². The molecule has 21 heavy (non-hydrogen) atoms. The van der Waals surface area contributed by atoms with Crippen molar-refractivity contribution in [3.63, 3.8) is 0 Å². The summed E-state index contributed by atoms with van der Waals surface area (Å²) < 4.78 is 26.5. The van der Waals surface area contributed by atoms with E-state index in [-0.39, 0.29) is 17.4 Å². The minimum atomic E-state index is -3.76. The number of hydrogen-bond acceptors (Lipinski definition) is 3. The van der Waals surface area contributed by atoms with Gasteiger partial charge in [-0.25, -0.2) is 13.1 Å². The lowest BCUT2D eigenvalue weighted by Crippen LogP contribution is -2.29. The maximum Gasteiger partial charge on any atom is 0.245 e. The summed E-state index contributed by atoms with van der Waals surface area (Å²) in [6.07, 6.45) is 3.26. The van der Waals surface area contributed by atoms with E-state index in [9.17, 15) is 13.2 Å². The molecule has 0 saturated carbocycles. The third kappa shape index (κ3) is 4.03. The van der Waals surface area contributed by atoms with E-state index in [4.69, 9.17) is 0 Å². The van der Waals surface area contributed by atoms with Gasteiger partial charge in [0.2, 0.25) is 15.5 Å². The standard InChI is InChI=1S/C15H18N2O3S/c1-12(13-5-3-2-4-6-13)7-10-17-21(19,20)15-11-16-9-8-14(15)18/h2-6,8-9,11-12,17H,7,10H2,1H3,(H,16,18). The smallest absolute Gasteiger partial charge is 0.245 e. The molecule has 0 radical (unpaired) electrons. The highest BCUT2D eigenvalue weighted by Gasteiger charge is 2.17. The number of aromatic nitrogens is 1. The summed E-state index contributed by atoms with van der Waals surface area (Å²) in [5.74, 6) is 0.239. The normalized spacial score (nSPS) is 13.0. The molecule has 1 heterocycles. The van der Waals surface area contributed by atoms with Gasteiger partial charge in [0.05, 0.1) is 0 Å². The van der Waals surface area contributed by atoms with Crippen molar-refractivity contribution < 1.29 is 8.42 Å². The van der Waals surface area contributed by atoms with Gasteiger partial charge < -0.3 is 4.98 Å². The topological polar surface area (TPSA) is 79.0 Å². The maximum atomic E-state index is 12.0. The fourth-order valence-electron chi connectivity index (χ4n) is 2.05. The first-order valence-corrected chi connectivity index (χ1v) is 8.21. The van der Waals surface area contributed by atoms with Crippen LogP contribution in [0.25, 0.3) is 0 Å². The van der Waals surface area contributed by atoms with Gasteiger partial charge in [-0.1, -0.05) is 37.3 Å². The fourth-order valence-corrected chi connectivity index (χ4v) is 3.14. The van der Waals surface area contributed by atoms with Crippen molar-refractivity contribution in [3.8, 4) is 0 Å². The van der Waals surface area contributed by atoms with Crippen LogP contribution in [0, 0.1) is 0 Å². The Morgan fingerprint density at radius 3 is 2.57 bits per heavy atom. The van der Waals surface area contributed by atoms with Crippen LogP contribution in [0.15, 0.2) is 58.5 Å². The van der Waals surface area contributed by atoms with Crippen LogP contribution in [-0.2, 0) is 10.0 Å². The van der Waals surface area contributed by atoms with Crippen LogP contribution in [0.4, 0.5) is 0 Å². The summed E-state index contributed by atoms with van der Waals surface area (Å²) in [5.41, 5.74) is 0.645. The second-order valence-electron chi connectivity index (χ2n) is 4.87. The van der Waals surface area contributed by atoms with Gasteiger partial charge >= 0.3 is 0 Å². The van der Waals surface area contributed by atoms with E-state index in [0.29, 0.717) is 6.42 Å². The number of nitrogens with one attached hydrogen (secondary N) is 2. The lowest BCUT2D eigenvalue weighted by atomic mass is 9.98. The van der Waals surface area contributed by atoms with Gasteiger partial charge in [0.1, 0.15) is 4.90 Å². The van der Waals surface area contributed by atoms with Crippen LogP contribution in [0.1, 0.15) is 24.8 Å². The Hall–Kier alpha value is -1.92. The van der Waals surface area contributed by atoms with Crippen molar-refractivity contribution >= 4 is 10.0 Å². The van der Waals surface area contributed by atoms with E-state index in [2.05, 4.69) is 9.71 Å². The third-order valence-electron chi connectivity index (χ3n) is 3.32. The fraction of sp³-hybridized carbons (Fsp3) is 0.267. The highest BCUT2D eigenvalue weighted by molar-refractivity contribution is 7.89. The lowest BCUT2D eigenvalue weighted by molar-refractivity contribution is 0.571. The van der Waals surface area contributed by atoms with Crippen LogP contribution in [0.3, 0.4) is 0 Å². The van der Waals surface area contributed by atoms with E-state index in [1.54, 1.807) is 0 Å².